The lowest BCUT2D eigenvalue weighted by molar-refractivity contribution is -0.148. The first kappa shape index (κ1) is 13.4. The third-order valence-electron chi connectivity index (χ3n) is 3.28. The lowest BCUT2D eigenvalue weighted by atomic mass is 9.96. The Morgan fingerprint density at radius 3 is 2.83 bits per heavy atom. The molecule has 0 aromatic carbocycles. The van der Waals surface area contributed by atoms with E-state index in [1.165, 1.54) is 18.9 Å². The van der Waals surface area contributed by atoms with Crippen LogP contribution in [0.1, 0.15) is 18.7 Å². The minimum atomic E-state index is -0.617. The van der Waals surface area contributed by atoms with Gasteiger partial charge in [-0.1, -0.05) is 11.8 Å². The number of nitrogens with one attached hydrogen (secondary N) is 2. The lowest BCUT2D eigenvalue weighted by Gasteiger charge is -2.29. The fourth-order valence-electron chi connectivity index (χ4n) is 2.05. The standard InChI is InChI=1S/C11H18N4O2S/c1-7-13-10(15-14-7)18-6-11(12-2,8-4-5-8)9(16)17-3/h8,12H,4-6H2,1-3H3,(H,13,14,15). The molecular formula is C11H18N4O2S. The van der Waals surface area contributed by atoms with Gasteiger partial charge in [-0.25, -0.2) is 4.98 Å². The Labute approximate surface area is 110 Å². The Balaban J connectivity index is 2.07. The first-order valence-electron chi connectivity index (χ1n) is 5.91. The van der Waals surface area contributed by atoms with Gasteiger partial charge in [-0.15, -0.1) is 5.10 Å². The zero-order valence-corrected chi connectivity index (χ0v) is 11.6. The summed E-state index contributed by atoms with van der Waals surface area (Å²) >= 11 is 1.47. The van der Waals surface area contributed by atoms with Gasteiger partial charge in [0.15, 0.2) is 0 Å². The topological polar surface area (TPSA) is 79.9 Å². The number of likely N-dealkylation sites (N-methyl/N-ethyl adjacent to an activating group) is 1. The SMILES string of the molecule is CNC(CSc1n[nH]c(C)n1)(C(=O)OC)C1CC1. The molecule has 100 valence electrons. The zero-order chi connectivity index (χ0) is 13.2. The van der Waals surface area contributed by atoms with Crippen LogP contribution >= 0.6 is 11.8 Å². The summed E-state index contributed by atoms with van der Waals surface area (Å²) in [7, 11) is 3.23. The number of rotatable bonds is 6. The molecule has 0 amide bonds. The van der Waals surface area contributed by atoms with E-state index in [2.05, 4.69) is 20.5 Å². The molecule has 0 radical (unpaired) electrons. The second-order valence-corrected chi connectivity index (χ2v) is 5.42. The molecule has 2 N–H and O–H groups in total. The van der Waals surface area contributed by atoms with Crippen molar-refractivity contribution in [2.45, 2.75) is 30.5 Å². The second-order valence-electron chi connectivity index (χ2n) is 4.48. The molecule has 0 saturated heterocycles. The third-order valence-corrected chi connectivity index (χ3v) is 4.32. The van der Waals surface area contributed by atoms with Gasteiger partial charge in [0.1, 0.15) is 11.4 Å². The van der Waals surface area contributed by atoms with Crippen LogP contribution < -0.4 is 5.32 Å². The molecule has 1 unspecified atom stereocenters. The number of aromatic nitrogens is 3. The molecule has 1 heterocycles. The van der Waals surface area contributed by atoms with Crippen LogP contribution in [0.2, 0.25) is 0 Å². The molecule has 6 nitrogen and oxygen atoms in total. The summed E-state index contributed by atoms with van der Waals surface area (Å²) in [5.74, 6) is 1.50. The van der Waals surface area contributed by atoms with Gasteiger partial charge in [-0.2, -0.15) is 0 Å². The van der Waals surface area contributed by atoms with E-state index in [0.29, 0.717) is 16.8 Å². The molecule has 1 saturated carbocycles. The van der Waals surface area contributed by atoms with Crippen molar-refractivity contribution in [3.63, 3.8) is 0 Å². The van der Waals surface area contributed by atoms with Crippen molar-refractivity contribution in [3.05, 3.63) is 5.82 Å². The molecule has 7 heteroatoms. The van der Waals surface area contributed by atoms with Crippen LogP contribution in [0.3, 0.4) is 0 Å². The molecule has 1 aromatic rings. The van der Waals surface area contributed by atoms with Gasteiger partial charge in [0.05, 0.1) is 7.11 Å². The highest BCUT2D eigenvalue weighted by Crippen LogP contribution is 2.42. The highest BCUT2D eigenvalue weighted by molar-refractivity contribution is 7.99. The average Bonchev–Trinajstić information content (AvgIpc) is 3.14. The maximum Gasteiger partial charge on any atom is 0.327 e. The van der Waals surface area contributed by atoms with Gasteiger partial charge in [0.25, 0.3) is 0 Å². The highest BCUT2D eigenvalue weighted by atomic mass is 32.2. The van der Waals surface area contributed by atoms with Gasteiger partial charge in [-0.3, -0.25) is 9.89 Å². The number of carbonyl (C=O) groups excluding carboxylic acids is 1. The van der Waals surface area contributed by atoms with Crippen LogP contribution in [0.4, 0.5) is 0 Å². The minimum absolute atomic E-state index is 0.202. The monoisotopic (exact) mass is 270 g/mol. The first-order chi connectivity index (χ1) is 8.62. The van der Waals surface area contributed by atoms with Gasteiger partial charge in [-0.05, 0) is 32.7 Å². The predicted molar refractivity (Wildman–Crippen MR) is 68.4 cm³/mol. The van der Waals surface area contributed by atoms with E-state index in [0.717, 1.165) is 18.7 Å². The molecule has 1 aliphatic rings. The molecule has 18 heavy (non-hydrogen) atoms. The number of hydrogen-bond acceptors (Lipinski definition) is 6. The molecule has 2 rings (SSSR count). The number of carbonyl (C=O) groups is 1. The number of methoxy groups -OCH3 is 1. The van der Waals surface area contributed by atoms with Crippen molar-refractivity contribution in [1.29, 1.82) is 0 Å². The van der Waals surface area contributed by atoms with Crippen molar-refractivity contribution in [1.82, 2.24) is 20.5 Å². The van der Waals surface area contributed by atoms with Crippen molar-refractivity contribution in [2.75, 3.05) is 19.9 Å². The quantitative estimate of drug-likeness (QED) is 0.586. The molecule has 0 bridgehead atoms. The molecule has 1 aromatic heterocycles. The molecule has 0 aliphatic heterocycles. The summed E-state index contributed by atoms with van der Waals surface area (Å²) in [6, 6.07) is 0. The van der Waals surface area contributed by atoms with E-state index in [4.69, 9.17) is 4.74 Å². The predicted octanol–water partition coefficient (Wildman–Crippen LogP) is 0.746. The number of esters is 1. The fourth-order valence-corrected chi connectivity index (χ4v) is 3.21. The Bertz CT molecular complexity index is 432. The number of ether oxygens (including phenoxy) is 1. The second kappa shape index (κ2) is 5.27. The zero-order valence-electron chi connectivity index (χ0n) is 10.8. The fraction of sp³-hybridized carbons (Fsp3) is 0.727. The molecule has 1 aliphatic carbocycles. The smallest absolute Gasteiger partial charge is 0.327 e. The first-order valence-corrected chi connectivity index (χ1v) is 6.90. The van der Waals surface area contributed by atoms with Gasteiger partial charge in [0.2, 0.25) is 5.16 Å². The van der Waals surface area contributed by atoms with E-state index in [1.54, 1.807) is 7.05 Å². The van der Waals surface area contributed by atoms with Crippen molar-refractivity contribution in [3.8, 4) is 0 Å². The number of H-pyrrole nitrogens is 1. The Morgan fingerprint density at radius 2 is 2.39 bits per heavy atom. The van der Waals surface area contributed by atoms with Crippen LogP contribution in [0.5, 0.6) is 0 Å². The Morgan fingerprint density at radius 1 is 1.67 bits per heavy atom. The number of thioether (sulfide) groups is 1. The minimum Gasteiger partial charge on any atom is -0.468 e. The van der Waals surface area contributed by atoms with Crippen LogP contribution in [0, 0.1) is 12.8 Å². The van der Waals surface area contributed by atoms with Crippen molar-refractivity contribution >= 4 is 17.7 Å². The largest absolute Gasteiger partial charge is 0.468 e. The highest BCUT2D eigenvalue weighted by Gasteiger charge is 2.51. The number of hydrogen-bond donors (Lipinski definition) is 2. The molecular weight excluding hydrogens is 252 g/mol. The van der Waals surface area contributed by atoms with Crippen LogP contribution in [0.25, 0.3) is 0 Å². The van der Waals surface area contributed by atoms with Crippen LogP contribution in [-0.2, 0) is 9.53 Å². The van der Waals surface area contributed by atoms with Crippen molar-refractivity contribution < 1.29 is 9.53 Å². The van der Waals surface area contributed by atoms with E-state index < -0.39 is 5.54 Å². The van der Waals surface area contributed by atoms with Gasteiger partial charge in [0, 0.05) is 5.75 Å². The maximum absolute atomic E-state index is 12.0. The van der Waals surface area contributed by atoms with E-state index in [1.807, 2.05) is 6.92 Å². The summed E-state index contributed by atoms with van der Waals surface area (Å²) < 4.78 is 4.94. The lowest BCUT2D eigenvalue weighted by Crippen LogP contribution is -2.55. The van der Waals surface area contributed by atoms with Gasteiger partial charge >= 0.3 is 5.97 Å². The van der Waals surface area contributed by atoms with Crippen LogP contribution in [0.15, 0.2) is 5.16 Å². The normalized spacial score (nSPS) is 18.4. The maximum atomic E-state index is 12.0. The summed E-state index contributed by atoms with van der Waals surface area (Å²) in [5.41, 5.74) is -0.617. The molecule has 0 spiro atoms. The summed E-state index contributed by atoms with van der Waals surface area (Å²) in [5, 5.41) is 10.7. The Kier molecular flexibility index (Phi) is 3.91. The van der Waals surface area contributed by atoms with Gasteiger partial charge < -0.3 is 10.1 Å². The van der Waals surface area contributed by atoms with Crippen molar-refractivity contribution in [2.24, 2.45) is 5.92 Å². The number of nitrogens with zero attached hydrogens (tertiary/aromatic N) is 2. The summed E-state index contributed by atoms with van der Waals surface area (Å²) in [6.45, 7) is 1.85. The number of aromatic amines is 1. The summed E-state index contributed by atoms with van der Waals surface area (Å²) in [4.78, 5) is 16.3. The summed E-state index contributed by atoms with van der Waals surface area (Å²) in [6.07, 6.45) is 2.12. The Hall–Kier alpha value is -1.08. The third kappa shape index (κ3) is 2.51. The van der Waals surface area contributed by atoms with E-state index in [-0.39, 0.29) is 5.97 Å². The number of aryl methyl sites for hydroxylation is 1. The molecule has 1 fully saturated rings. The van der Waals surface area contributed by atoms with Crippen LogP contribution in [-0.4, -0.2) is 46.6 Å². The van der Waals surface area contributed by atoms with E-state index in [9.17, 15) is 4.79 Å². The molecule has 1 atom stereocenters. The van der Waals surface area contributed by atoms with E-state index >= 15 is 0 Å². The average molecular weight is 270 g/mol.